The monoisotopic (exact) mass is 411 g/mol. The van der Waals surface area contributed by atoms with E-state index in [9.17, 15) is 14.4 Å². The quantitative estimate of drug-likeness (QED) is 0.760. The molecule has 29 heavy (non-hydrogen) atoms. The van der Waals surface area contributed by atoms with Crippen LogP contribution in [0.15, 0.2) is 48.5 Å². The van der Waals surface area contributed by atoms with Gasteiger partial charge in [-0.1, -0.05) is 18.2 Å². The van der Waals surface area contributed by atoms with Crippen molar-refractivity contribution in [1.29, 1.82) is 0 Å². The number of anilines is 2. The van der Waals surface area contributed by atoms with E-state index < -0.39 is 0 Å². The number of hydrogen-bond acceptors (Lipinski definition) is 4. The lowest BCUT2D eigenvalue weighted by atomic mass is 9.92. The van der Waals surface area contributed by atoms with Gasteiger partial charge in [-0.25, -0.2) is 4.90 Å². The molecule has 2 aliphatic heterocycles. The normalized spacial score (nSPS) is 21.5. The number of imide groups is 1. The summed E-state index contributed by atoms with van der Waals surface area (Å²) in [5.74, 6) is -0.584. The van der Waals surface area contributed by atoms with Gasteiger partial charge >= 0.3 is 0 Å². The fourth-order valence-corrected chi connectivity index (χ4v) is 4.57. The summed E-state index contributed by atoms with van der Waals surface area (Å²) >= 11 is 0. The molecule has 0 bridgehead atoms. The number of hydrogen-bond donors (Lipinski definition) is 2. The summed E-state index contributed by atoms with van der Waals surface area (Å²) in [6.45, 7) is 1.94. The van der Waals surface area contributed by atoms with Crippen LogP contribution in [-0.4, -0.2) is 30.8 Å². The Bertz CT molecular complexity index is 965. The van der Waals surface area contributed by atoms with E-state index in [2.05, 4.69) is 10.6 Å². The second-order valence-electron chi connectivity index (χ2n) is 7.90. The summed E-state index contributed by atoms with van der Waals surface area (Å²) in [5.41, 5.74) is 2.06. The van der Waals surface area contributed by atoms with E-state index in [0.29, 0.717) is 22.5 Å². The largest absolute Gasteiger partial charge is 0.326 e. The fourth-order valence-electron chi connectivity index (χ4n) is 4.57. The molecule has 2 fully saturated rings. The van der Waals surface area contributed by atoms with Crippen molar-refractivity contribution >= 4 is 41.5 Å². The molecule has 2 aromatic rings. The predicted octanol–water partition coefficient (Wildman–Crippen LogP) is 3.24. The third-order valence-corrected chi connectivity index (χ3v) is 6.27. The van der Waals surface area contributed by atoms with Crippen LogP contribution in [0.25, 0.3) is 0 Å². The van der Waals surface area contributed by atoms with Crippen molar-refractivity contribution in [2.45, 2.75) is 19.3 Å². The van der Waals surface area contributed by atoms with Crippen molar-refractivity contribution in [1.82, 2.24) is 5.32 Å². The molecule has 1 saturated carbocycles. The number of carbonyl (C=O) groups excluding carboxylic acids is 3. The summed E-state index contributed by atoms with van der Waals surface area (Å²) in [5, 5.41) is 6.32. The second-order valence-corrected chi connectivity index (χ2v) is 7.90. The standard InChI is InChI=1S/C22H21N3O3.ClH/c26-19(18-13-22(18)8-10-23-11-9-22)24-14-4-3-5-15(12-14)25-20(27)16-6-1-2-7-17(16)21(25)28;/h1-7,12,18,23H,8-11,13H2,(H,24,26);1H. The number of fused-ring (bicyclic) bond motifs is 1. The Labute approximate surface area is 175 Å². The third-order valence-electron chi connectivity index (χ3n) is 6.27. The number of benzene rings is 2. The van der Waals surface area contributed by atoms with E-state index in [4.69, 9.17) is 0 Å². The van der Waals surface area contributed by atoms with Gasteiger partial charge in [0.25, 0.3) is 11.8 Å². The zero-order chi connectivity index (χ0) is 19.3. The molecule has 1 aliphatic carbocycles. The Kier molecular flexibility index (Phi) is 4.92. The molecule has 2 heterocycles. The van der Waals surface area contributed by atoms with Gasteiger partial charge in [0.05, 0.1) is 16.8 Å². The number of nitrogens with one attached hydrogen (secondary N) is 2. The van der Waals surface area contributed by atoms with Crippen LogP contribution in [0.5, 0.6) is 0 Å². The highest BCUT2D eigenvalue weighted by atomic mass is 35.5. The maximum Gasteiger partial charge on any atom is 0.266 e. The minimum absolute atomic E-state index is 0. The average molecular weight is 412 g/mol. The molecule has 1 spiro atoms. The number of nitrogens with zero attached hydrogens (tertiary/aromatic N) is 1. The molecule has 0 aromatic heterocycles. The molecule has 5 rings (SSSR count). The van der Waals surface area contributed by atoms with Gasteiger partial charge in [-0.15, -0.1) is 12.4 Å². The lowest BCUT2D eigenvalue weighted by Gasteiger charge is -2.23. The SMILES string of the molecule is Cl.O=C(Nc1cccc(N2C(=O)c3ccccc3C2=O)c1)C1CC12CCNCC2. The number of halogens is 1. The molecular formula is C22H22ClN3O3. The first-order chi connectivity index (χ1) is 13.6. The van der Waals surface area contributed by atoms with E-state index in [1.54, 1.807) is 48.5 Å². The van der Waals surface area contributed by atoms with Gasteiger partial charge < -0.3 is 10.6 Å². The summed E-state index contributed by atoms with van der Waals surface area (Å²) in [6, 6.07) is 13.8. The third kappa shape index (κ3) is 3.22. The smallest absolute Gasteiger partial charge is 0.266 e. The van der Waals surface area contributed by atoms with E-state index in [1.165, 1.54) is 4.90 Å². The molecule has 7 heteroatoms. The van der Waals surface area contributed by atoms with Crippen molar-refractivity contribution in [2.24, 2.45) is 11.3 Å². The first kappa shape index (κ1) is 19.6. The first-order valence-electron chi connectivity index (χ1n) is 9.69. The van der Waals surface area contributed by atoms with Crippen LogP contribution in [0.1, 0.15) is 40.0 Å². The van der Waals surface area contributed by atoms with Crippen LogP contribution in [0.2, 0.25) is 0 Å². The van der Waals surface area contributed by atoms with Gasteiger partial charge in [-0.3, -0.25) is 14.4 Å². The second kappa shape index (κ2) is 7.28. The molecule has 3 aliphatic rings. The maximum atomic E-state index is 12.7. The van der Waals surface area contributed by atoms with E-state index in [1.807, 2.05) is 0 Å². The molecule has 1 unspecified atom stereocenters. The van der Waals surface area contributed by atoms with Crippen LogP contribution < -0.4 is 15.5 Å². The van der Waals surface area contributed by atoms with Gasteiger partial charge in [0.15, 0.2) is 0 Å². The van der Waals surface area contributed by atoms with Crippen molar-refractivity contribution in [3.05, 3.63) is 59.7 Å². The highest BCUT2D eigenvalue weighted by Crippen LogP contribution is 2.58. The van der Waals surface area contributed by atoms with Gasteiger partial charge in [0.1, 0.15) is 0 Å². The van der Waals surface area contributed by atoms with Crippen LogP contribution in [0, 0.1) is 11.3 Å². The molecule has 150 valence electrons. The first-order valence-corrected chi connectivity index (χ1v) is 9.69. The molecule has 3 amide bonds. The molecule has 6 nitrogen and oxygen atoms in total. The summed E-state index contributed by atoms with van der Waals surface area (Å²) in [4.78, 5) is 39.2. The molecule has 1 saturated heterocycles. The van der Waals surface area contributed by atoms with Crippen molar-refractivity contribution in [3.63, 3.8) is 0 Å². The lowest BCUT2D eigenvalue weighted by molar-refractivity contribution is -0.118. The molecule has 0 radical (unpaired) electrons. The van der Waals surface area contributed by atoms with Gasteiger partial charge in [-0.05, 0) is 68.1 Å². The Morgan fingerprint density at radius 3 is 2.31 bits per heavy atom. The molecule has 2 aromatic carbocycles. The molecule has 2 N–H and O–H groups in total. The number of piperidine rings is 1. The number of rotatable bonds is 3. The highest BCUT2D eigenvalue weighted by molar-refractivity contribution is 6.34. The van der Waals surface area contributed by atoms with E-state index in [-0.39, 0.29) is 41.5 Å². The Hall–Kier alpha value is -2.70. The summed E-state index contributed by atoms with van der Waals surface area (Å²) < 4.78 is 0. The van der Waals surface area contributed by atoms with Crippen LogP contribution >= 0.6 is 12.4 Å². The number of carbonyl (C=O) groups is 3. The minimum Gasteiger partial charge on any atom is -0.326 e. The lowest BCUT2D eigenvalue weighted by Crippen LogP contribution is -2.31. The Balaban J connectivity index is 0.00000205. The van der Waals surface area contributed by atoms with Gasteiger partial charge in [0.2, 0.25) is 5.91 Å². The van der Waals surface area contributed by atoms with Gasteiger partial charge in [-0.2, -0.15) is 0 Å². The number of amides is 3. The van der Waals surface area contributed by atoms with Crippen LogP contribution in [0.3, 0.4) is 0 Å². The molecule has 1 atom stereocenters. The van der Waals surface area contributed by atoms with E-state index >= 15 is 0 Å². The topological polar surface area (TPSA) is 78.5 Å². The summed E-state index contributed by atoms with van der Waals surface area (Å²) in [7, 11) is 0. The predicted molar refractivity (Wildman–Crippen MR) is 113 cm³/mol. The van der Waals surface area contributed by atoms with Crippen LogP contribution in [-0.2, 0) is 4.79 Å². The molecular weight excluding hydrogens is 390 g/mol. The Morgan fingerprint density at radius 1 is 1.00 bits per heavy atom. The fraction of sp³-hybridized carbons (Fsp3) is 0.318. The minimum atomic E-state index is -0.333. The zero-order valence-electron chi connectivity index (χ0n) is 15.8. The van der Waals surface area contributed by atoms with Crippen molar-refractivity contribution in [2.75, 3.05) is 23.3 Å². The maximum absolute atomic E-state index is 12.7. The van der Waals surface area contributed by atoms with Crippen molar-refractivity contribution < 1.29 is 14.4 Å². The van der Waals surface area contributed by atoms with E-state index in [0.717, 1.165) is 32.4 Å². The Morgan fingerprint density at radius 2 is 1.66 bits per heavy atom. The average Bonchev–Trinajstić information content (AvgIpc) is 3.34. The van der Waals surface area contributed by atoms with Crippen LogP contribution in [0.4, 0.5) is 11.4 Å². The van der Waals surface area contributed by atoms with Crippen molar-refractivity contribution in [3.8, 4) is 0 Å². The zero-order valence-corrected chi connectivity index (χ0v) is 16.6. The highest BCUT2D eigenvalue weighted by Gasteiger charge is 2.57. The summed E-state index contributed by atoms with van der Waals surface area (Å²) in [6.07, 6.45) is 3.03. The van der Waals surface area contributed by atoms with Gasteiger partial charge in [0, 0.05) is 11.6 Å².